The maximum Gasteiger partial charge on any atom is 0.408 e. The van der Waals surface area contributed by atoms with Crippen molar-refractivity contribution in [3.05, 3.63) is 11.7 Å². The summed E-state index contributed by atoms with van der Waals surface area (Å²) in [4.78, 5) is 33.7. The van der Waals surface area contributed by atoms with Gasteiger partial charge in [-0.25, -0.2) is 4.79 Å². The molecule has 3 heterocycles. The molecule has 0 aromatic carbocycles. The molecular formula is C20H33N5O4S. The molecule has 2 saturated heterocycles. The van der Waals surface area contributed by atoms with Crippen LogP contribution in [0.4, 0.5) is 4.79 Å². The van der Waals surface area contributed by atoms with Gasteiger partial charge in [-0.05, 0) is 54.0 Å². The monoisotopic (exact) mass is 439 g/mol. The normalized spacial score (nSPS) is 21.0. The van der Waals surface area contributed by atoms with E-state index in [9.17, 15) is 9.59 Å². The first-order valence-electron chi connectivity index (χ1n) is 10.5. The van der Waals surface area contributed by atoms with Gasteiger partial charge in [-0.1, -0.05) is 5.16 Å². The van der Waals surface area contributed by atoms with Crippen LogP contribution in [0.5, 0.6) is 0 Å². The molecule has 2 aliphatic heterocycles. The molecule has 9 nitrogen and oxygen atoms in total. The second-order valence-electron chi connectivity index (χ2n) is 9.33. The summed E-state index contributed by atoms with van der Waals surface area (Å²) in [6.45, 7) is 11.9. The Kier molecular flexibility index (Phi) is 6.96. The summed E-state index contributed by atoms with van der Waals surface area (Å²) in [5.41, 5.74) is -1.44. The molecule has 0 aliphatic carbocycles. The van der Waals surface area contributed by atoms with Gasteiger partial charge < -0.3 is 19.5 Å². The number of alkyl carbamates (subject to hydrolysis) is 1. The number of aromatic nitrogens is 2. The van der Waals surface area contributed by atoms with E-state index in [0.29, 0.717) is 18.3 Å². The third-order valence-corrected chi connectivity index (χ3v) is 6.09. The van der Waals surface area contributed by atoms with Crippen LogP contribution in [0.2, 0.25) is 0 Å². The Bertz CT molecular complexity index is 755. The summed E-state index contributed by atoms with van der Waals surface area (Å²) in [5.74, 6) is 3.03. The fourth-order valence-corrected chi connectivity index (χ4v) is 4.55. The minimum absolute atomic E-state index is 0.128. The molecule has 30 heavy (non-hydrogen) atoms. The van der Waals surface area contributed by atoms with E-state index in [1.54, 1.807) is 13.8 Å². The molecule has 2 aliphatic rings. The van der Waals surface area contributed by atoms with Crippen LogP contribution < -0.4 is 5.32 Å². The number of nitrogens with one attached hydrogen (secondary N) is 1. The smallest absolute Gasteiger partial charge is 0.408 e. The van der Waals surface area contributed by atoms with Gasteiger partial charge in [-0.15, -0.1) is 0 Å². The molecule has 1 unspecified atom stereocenters. The molecule has 0 bridgehead atoms. The standard InChI is InChI=1S/C20H33N5O4S/c1-19(2,3)28-18(27)22-20(4,5)17-21-15(29-23-17)13-25-8-6-7-14(25)16(26)24-9-11-30-12-10-24/h14H,6-13H2,1-5H3,(H,22,27). The summed E-state index contributed by atoms with van der Waals surface area (Å²) in [6, 6.07) is -0.128. The van der Waals surface area contributed by atoms with Gasteiger partial charge >= 0.3 is 6.09 Å². The van der Waals surface area contributed by atoms with Crippen molar-refractivity contribution >= 4 is 23.8 Å². The largest absolute Gasteiger partial charge is 0.444 e. The maximum absolute atomic E-state index is 12.9. The number of carbonyl (C=O) groups is 2. The van der Waals surface area contributed by atoms with Crippen LogP contribution in [0.15, 0.2) is 4.52 Å². The van der Waals surface area contributed by atoms with Crippen molar-refractivity contribution in [1.82, 2.24) is 25.3 Å². The van der Waals surface area contributed by atoms with Gasteiger partial charge in [-0.2, -0.15) is 16.7 Å². The molecule has 1 aromatic heterocycles. The number of hydrogen-bond donors (Lipinski definition) is 1. The Morgan fingerprint density at radius 1 is 1.20 bits per heavy atom. The van der Waals surface area contributed by atoms with Crippen LogP contribution in [0.3, 0.4) is 0 Å². The lowest BCUT2D eigenvalue weighted by molar-refractivity contribution is -0.135. The molecular weight excluding hydrogens is 406 g/mol. The molecule has 3 rings (SSSR count). The van der Waals surface area contributed by atoms with Gasteiger partial charge in [0, 0.05) is 24.6 Å². The van der Waals surface area contributed by atoms with Crippen LogP contribution in [0.25, 0.3) is 0 Å². The second-order valence-corrected chi connectivity index (χ2v) is 10.6. The van der Waals surface area contributed by atoms with E-state index in [1.165, 1.54) is 0 Å². The van der Waals surface area contributed by atoms with E-state index in [4.69, 9.17) is 9.26 Å². The highest BCUT2D eigenvalue weighted by atomic mass is 32.2. The summed E-state index contributed by atoms with van der Waals surface area (Å²) < 4.78 is 10.8. The molecule has 10 heteroatoms. The van der Waals surface area contributed by atoms with E-state index in [1.807, 2.05) is 37.4 Å². The van der Waals surface area contributed by atoms with Crippen LogP contribution in [0.1, 0.15) is 59.2 Å². The van der Waals surface area contributed by atoms with Gasteiger partial charge in [0.2, 0.25) is 11.8 Å². The van der Waals surface area contributed by atoms with Crippen molar-refractivity contribution < 1.29 is 18.8 Å². The van der Waals surface area contributed by atoms with Gasteiger partial charge in [0.05, 0.1) is 12.6 Å². The van der Waals surface area contributed by atoms with E-state index in [0.717, 1.165) is 44.0 Å². The number of nitrogens with zero attached hydrogens (tertiary/aromatic N) is 4. The molecule has 0 spiro atoms. The van der Waals surface area contributed by atoms with Crippen molar-refractivity contribution in [3.8, 4) is 0 Å². The van der Waals surface area contributed by atoms with Gasteiger partial charge in [0.25, 0.3) is 0 Å². The molecule has 1 aromatic rings. The number of ether oxygens (including phenoxy) is 1. The average molecular weight is 440 g/mol. The Morgan fingerprint density at radius 3 is 2.57 bits per heavy atom. The molecule has 0 radical (unpaired) electrons. The van der Waals surface area contributed by atoms with Gasteiger partial charge in [0.15, 0.2) is 5.82 Å². The zero-order chi connectivity index (χ0) is 21.9. The van der Waals surface area contributed by atoms with Crippen molar-refractivity contribution in [1.29, 1.82) is 0 Å². The topological polar surface area (TPSA) is 101 Å². The quantitative estimate of drug-likeness (QED) is 0.746. The fraction of sp³-hybridized carbons (Fsp3) is 0.800. The van der Waals surface area contributed by atoms with E-state index in [-0.39, 0.29) is 11.9 Å². The molecule has 2 fully saturated rings. The Labute approximate surface area is 182 Å². The van der Waals surface area contributed by atoms with Crippen molar-refractivity contribution in [2.24, 2.45) is 0 Å². The Hall–Kier alpha value is -1.81. The summed E-state index contributed by atoms with van der Waals surface area (Å²) >= 11 is 1.89. The molecule has 1 atom stereocenters. The molecule has 168 valence electrons. The van der Waals surface area contributed by atoms with Gasteiger partial charge in [0.1, 0.15) is 11.1 Å². The second kappa shape index (κ2) is 9.13. The zero-order valence-corrected chi connectivity index (χ0v) is 19.4. The van der Waals surface area contributed by atoms with E-state index in [2.05, 4.69) is 20.4 Å². The molecule has 0 saturated carbocycles. The first kappa shape index (κ1) is 22.9. The van der Waals surface area contributed by atoms with Gasteiger partial charge in [-0.3, -0.25) is 9.69 Å². The van der Waals surface area contributed by atoms with Crippen molar-refractivity contribution in [3.63, 3.8) is 0 Å². The Morgan fingerprint density at radius 2 is 1.90 bits per heavy atom. The summed E-state index contributed by atoms with van der Waals surface area (Å²) in [6.07, 6.45) is 1.30. The van der Waals surface area contributed by atoms with Crippen LogP contribution >= 0.6 is 11.8 Å². The highest BCUT2D eigenvalue weighted by Gasteiger charge is 2.36. The first-order valence-corrected chi connectivity index (χ1v) is 11.7. The van der Waals surface area contributed by atoms with Crippen LogP contribution in [-0.2, 0) is 21.6 Å². The fourth-order valence-electron chi connectivity index (χ4n) is 3.65. The zero-order valence-electron chi connectivity index (χ0n) is 18.6. The average Bonchev–Trinajstić information content (AvgIpc) is 3.30. The number of hydrogen-bond acceptors (Lipinski definition) is 8. The summed E-state index contributed by atoms with van der Waals surface area (Å²) in [5, 5.41) is 6.84. The number of amides is 2. The van der Waals surface area contributed by atoms with Crippen LogP contribution in [0, 0.1) is 0 Å². The first-order chi connectivity index (χ1) is 14.0. The van der Waals surface area contributed by atoms with Crippen molar-refractivity contribution in [2.45, 2.75) is 71.2 Å². The molecule has 2 amide bonds. The van der Waals surface area contributed by atoms with Crippen molar-refractivity contribution in [2.75, 3.05) is 31.1 Å². The third kappa shape index (κ3) is 5.87. The predicted octanol–water partition coefficient (Wildman–Crippen LogP) is 2.37. The number of likely N-dealkylation sites (tertiary alicyclic amines) is 1. The lowest BCUT2D eigenvalue weighted by Gasteiger charge is -2.31. The minimum Gasteiger partial charge on any atom is -0.444 e. The highest BCUT2D eigenvalue weighted by Crippen LogP contribution is 2.24. The number of carbonyl (C=O) groups excluding carboxylic acids is 2. The Balaban J connectivity index is 1.61. The van der Waals surface area contributed by atoms with E-state index >= 15 is 0 Å². The summed E-state index contributed by atoms with van der Waals surface area (Å²) in [7, 11) is 0. The third-order valence-electron chi connectivity index (χ3n) is 5.15. The predicted molar refractivity (Wildman–Crippen MR) is 114 cm³/mol. The SMILES string of the molecule is CC(C)(C)OC(=O)NC(C)(C)c1noc(CN2CCCC2C(=O)N2CCSCC2)n1. The molecule has 1 N–H and O–H groups in total. The van der Waals surface area contributed by atoms with E-state index < -0.39 is 17.2 Å². The van der Waals surface area contributed by atoms with Crippen LogP contribution in [-0.4, -0.2) is 74.7 Å². The number of rotatable bonds is 5. The lowest BCUT2D eigenvalue weighted by atomic mass is 10.1. The highest BCUT2D eigenvalue weighted by molar-refractivity contribution is 7.99. The minimum atomic E-state index is -0.851. The number of thioether (sulfide) groups is 1. The lowest BCUT2D eigenvalue weighted by Crippen LogP contribution is -2.48. The maximum atomic E-state index is 12.9.